The summed E-state index contributed by atoms with van der Waals surface area (Å²) >= 11 is 5.83. The van der Waals surface area contributed by atoms with Crippen LogP contribution in [-0.2, 0) is 4.74 Å². The van der Waals surface area contributed by atoms with E-state index in [9.17, 15) is 4.79 Å². The van der Waals surface area contributed by atoms with Crippen molar-refractivity contribution in [3.63, 3.8) is 0 Å². The molecule has 0 bridgehead atoms. The van der Waals surface area contributed by atoms with Crippen molar-refractivity contribution in [1.29, 1.82) is 0 Å². The van der Waals surface area contributed by atoms with Crippen LogP contribution in [0.25, 0.3) is 0 Å². The summed E-state index contributed by atoms with van der Waals surface area (Å²) in [6.45, 7) is 1.70. The van der Waals surface area contributed by atoms with Crippen LogP contribution in [0, 0.1) is 0 Å². The molecule has 0 amide bonds. The van der Waals surface area contributed by atoms with Gasteiger partial charge in [-0.05, 0) is 12.5 Å². The predicted octanol–water partition coefficient (Wildman–Crippen LogP) is 3.05. The van der Waals surface area contributed by atoms with Gasteiger partial charge < -0.3 is 9.84 Å². The number of carbonyl (C=O) groups is 1. The van der Waals surface area contributed by atoms with Crippen LogP contribution in [0.3, 0.4) is 0 Å². The van der Waals surface area contributed by atoms with Gasteiger partial charge in [0.1, 0.15) is 6.10 Å². The van der Waals surface area contributed by atoms with Crippen molar-refractivity contribution < 1.29 is 14.6 Å². The van der Waals surface area contributed by atoms with Gasteiger partial charge in [-0.15, -0.1) is 11.6 Å². The Morgan fingerprint density at radius 3 is 2.43 bits per heavy atom. The molecule has 1 aromatic carbocycles. The molecule has 1 N–H and O–H groups in total. The van der Waals surface area contributed by atoms with Gasteiger partial charge >= 0.3 is 6.16 Å². The average Bonchev–Trinajstić information content (AvgIpc) is 2.15. The number of hydrogen-bond acceptors (Lipinski definition) is 2. The molecular weight excluding hydrogens is 204 g/mol. The molecule has 0 radical (unpaired) electrons. The molecule has 0 saturated carbocycles. The summed E-state index contributed by atoms with van der Waals surface area (Å²) in [4.78, 5) is 10.4. The highest BCUT2D eigenvalue weighted by atomic mass is 35.5. The fourth-order valence-electron chi connectivity index (χ4n) is 1.18. The van der Waals surface area contributed by atoms with Gasteiger partial charge in [0.05, 0.1) is 5.38 Å². The van der Waals surface area contributed by atoms with E-state index >= 15 is 0 Å². The van der Waals surface area contributed by atoms with Crippen LogP contribution in [0.15, 0.2) is 30.3 Å². The largest absolute Gasteiger partial charge is 0.506 e. The third-order valence-corrected chi connectivity index (χ3v) is 2.00. The van der Waals surface area contributed by atoms with Crippen LogP contribution in [0.5, 0.6) is 0 Å². The van der Waals surface area contributed by atoms with E-state index in [1.807, 2.05) is 18.2 Å². The molecule has 76 valence electrons. The number of halogens is 1. The second kappa shape index (κ2) is 4.86. The molecule has 0 aliphatic rings. The molecule has 0 fully saturated rings. The summed E-state index contributed by atoms with van der Waals surface area (Å²) in [7, 11) is 0. The lowest BCUT2D eigenvalue weighted by Gasteiger charge is -2.18. The van der Waals surface area contributed by atoms with Crippen LogP contribution >= 0.6 is 11.6 Å². The maximum atomic E-state index is 10.4. The second-order valence-corrected chi connectivity index (χ2v) is 3.58. The molecule has 0 saturated heterocycles. The van der Waals surface area contributed by atoms with E-state index < -0.39 is 17.6 Å². The van der Waals surface area contributed by atoms with Gasteiger partial charge in [0.2, 0.25) is 0 Å². The molecule has 2 atom stereocenters. The normalized spacial score (nSPS) is 14.4. The fraction of sp³-hybridized carbons (Fsp3) is 0.300. The highest BCUT2D eigenvalue weighted by molar-refractivity contribution is 6.20. The summed E-state index contributed by atoms with van der Waals surface area (Å²) < 4.78 is 4.68. The topological polar surface area (TPSA) is 46.5 Å². The van der Waals surface area contributed by atoms with Gasteiger partial charge in [-0.1, -0.05) is 30.3 Å². The highest BCUT2D eigenvalue weighted by Gasteiger charge is 2.21. The molecular formula is C10H11ClO3. The molecule has 0 aromatic heterocycles. The summed E-state index contributed by atoms with van der Waals surface area (Å²) in [6.07, 6.45) is -1.93. The lowest BCUT2D eigenvalue weighted by Crippen LogP contribution is -2.16. The Bertz CT molecular complexity index is 297. The quantitative estimate of drug-likeness (QED) is 0.621. The van der Waals surface area contributed by atoms with Crippen LogP contribution in [0.4, 0.5) is 4.79 Å². The van der Waals surface area contributed by atoms with Crippen LogP contribution in [0.1, 0.15) is 18.6 Å². The Morgan fingerprint density at radius 1 is 1.43 bits per heavy atom. The predicted molar refractivity (Wildman–Crippen MR) is 53.6 cm³/mol. The van der Waals surface area contributed by atoms with Crippen molar-refractivity contribution in [2.24, 2.45) is 0 Å². The van der Waals surface area contributed by atoms with Crippen molar-refractivity contribution in [1.82, 2.24) is 0 Å². The smallest absolute Gasteiger partial charge is 0.450 e. The van der Waals surface area contributed by atoms with Crippen molar-refractivity contribution >= 4 is 17.8 Å². The van der Waals surface area contributed by atoms with E-state index in [0.29, 0.717) is 0 Å². The third kappa shape index (κ3) is 2.92. The maximum Gasteiger partial charge on any atom is 0.506 e. The molecule has 4 heteroatoms. The highest BCUT2D eigenvalue weighted by Crippen LogP contribution is 2.24. The van der Waals surface area contributed by atoms with E-state index in [-0.39, 0.29) is 0 Å². The zero-order chi connectivity index (χ0) is 10.6. The fourth-order valence-corrected chi connectivity index (χ4v) is 1.38. The first-order valence-electron chi connectivity index (χ1n) is 4.20. The van der Waals surface area contributed by atoms with Gasteiger partial charge in [0.15, 0.2) is 0 Å². The number of alkyl halides is 1. The zero-order valence-corrected chi connectivity index (χ0v) is 8.44. The number of rotatable bonds is 3. The third-order valence-electron chi connectivity index (χ3n) is 1.77. The van der Waals surface area contributed by atoms with Crippen molar-refractivity contribution in [2.45, 2.75) is 18.4 Å². The zero-order valence-electron chi connectivity index (χ0n) is 7.68. The van der Waals surface area contributed by atoms with E-state index in [1.54, 1.807) is 19.1 Å². The Kier molecular flexibility index (Phi) is 3.77. The number of ether oxygens (including phenoxy) is 1. The van der Waals surface area contributed by atoms with Crippen molar-refractivity contribution in [3.8, 4) is 0 Å². The van der Waals surface area contributed by atoms with E-state index in [0.717, 1.165) is 5.56 Å². The van der Waals surface area contributed by atoms with Crippen molar-refractivity contribution in [3.05, 3.63) is 35.9 Å². The molecule has 0 aliphatic heterocycles. The summed E-state index contributed by atoms with van der Waals surface area (Å²) in [6, 6.07) is 9.04. The van der Waals surface area contributed by atoms with E-state index in [4.69, 9.17) is 16.7 Å². The van der Waals surface area contributed by atoms with Gasteiger partial charge in [-0.3, -0.25) is 0 Å². The summed E-state index contributed by atoms with van der Waals surface area (Å²) in [5, 5.41) is 8.12. The standard InChI is InChI=1S/C10H11ClO3/c1-7(11)9(14-10(12)13)8-5-3-2-4-6-8/h2-7,9H,1H3,(H,12,13). The first-order valence-corrected chi connectivity index (χ1v) is 4.63. The Hall–Kier alpha value is -1.22. The minimum atomic E-state index is -1.31. The SMILES string of the molecule is CC(Cl)C(OC(=O)O)c1ccccc1. The van der Waals surface area contributed by atoms with E-state index in [1.165, 1.54) is 0 Å². The average molecular weight is 215 g/mol. The van der Waals surface area contributed by atoms with Gasteiger partial charge in [0, 0.05) is 0 Å². The summed E-state index contributed by atoms with van der Waals surface area (Å²) in [5.41, 5.74) is 0.761. The molecule has 0 aliphatic carbocycles. The molecule has 14 heavy (non-hydrogen) atoms. The molecule has 3 nitrogen and oxygen atoms in total. The Morgan fingerprint density at radius 2 is 2.00 bits per heavy atom. The van der Waals surface area contributed by atoms with Crippen LogP contribution in [0.2, 0.25) is 0 Å². The maximum absolute atomic E-state index is 10.4. The number of benzene rings is 1. The Balaban J connectivity index is 2.83. The van der Waals surface area contributed by atoms with Crippen LogP contribution in [-0.4, -0.2) is 16.6 Å². The van der Waals surface area contributed by atoms with Gasteiger partial charge in [-0.25, -0.2) is 4.79 Å². The minimum Gasteiger partial charge on any atom is -0.450 e. The summed E-state index contributed by atoms with van der Waals surface area (Å²) in [5.74, 6) is 0. The Labute approximate surface area is 87.3 Å². The first kappa shape index (κ1) is 10.9. The van der Waals surface area contributed by atoms with Crippen molar-refractivity contribution in [2.75, 3.05) is 0 Å². The van der Waals surface area contributed by atoms with Gasteiger partial charge in [0.25, 0.3) is 0 Å². The first-order chi connectivity index (χ1) is 6.61. The number of carboxylic acid groups (broad SMARTS) is 1. The monoisotopic (exact) mass is 214 g/mol. The van der Waals surface area contributed by atoms with Crippen LogP contribution < -0.4 is 0 Å². The number of hydrogen-bond donors (Lipinski definition) is 1. The lowest BCUT2D eigenvalue weighted by atomic mass is 10.1. The lowest BCUT2D eigenvalue weighted by molar-refractivity contribution is 0.0510. The second-order valence-electron chi connectivity index (χ2n) is 2.89. The van der Waals surface area contributed by atoms with E-state index in [2.05, 4.69) is 4.74 Å². The van der Waals surface area contributed by atoms with Gasteiger partial charge in [-0.2, -0.15) is 0 Å². The molecule has 0 heterocycles. The molecule has 1 aromatic rings. The molecule has 0 spiro atoms. The molecule has 2 unspecified atom stereocenters. The minimum absolute atomic E-state index is 0.395. The molecule has 1 rings (SSSR count).